The fourth-order valence-corrected chi connectivity index (χ4v) is 5.05. The van der Waals surface area contributed by atoms with Crippen LogP contribution < -0.4 is 10.1 Å². The lowest BCUT2D eigenvalue weighted by Crippen LogP contribution is -2.40. The minimum Gasteiger partial charge on any atom is -0.494 e. The lowest BCUT2D eigenvalue weighted by Gasteiger charge is -2.31. The molecule has 0 bridgehead atoms. The van der Waals surface area contributed by atoms with Crippen LogP contribution in [0.15, 0.2) is 30.7 Å². The van der Waals surface area contributed by atoms with Crippen molar-refractivity contribution < 1.29 is 19.0 Å². The van der Waals surface area contributed by atoms with Crippen LogP contribution in [0.4, 0.5) is 16.4 Å². The van der Waals surface area contributed by atoms with Crippen LogP contribution in [-0.2, 0) is 28.9 Å². The highest BCUT2D eigenvalue weighted by Crippen LogP contribution is 2.30. The molecule has 39 heavy (non-hydrogen) atoms. The Labute approximate surface area is 229 Å². The number of methoxy groups -OCH3 is 1. The van der Waals surface area contributed by atoms with E-state index in [0.29, 0.717) is 31.2 Å². The fraction of sp³-hybridized carbons (Fsp3) is 0.517. The van der Waals surface area contributed by atoms with Gasteiger partial charge in [-0.25, -0.2) is 19.7 Å². The highest BCUT2D eigenvalue weighted by Gasteiger charge is 2.29. The molecule has 2 aromatic heterocycles. The molecule has 10 heteroatoms. The van der Waals surface area contributed by atoms with Gasteiger partial charge in [0.05, 0.1) is 48.9 Å². The van der Waals surface area contributed by atoms with Crippen molar-refractivity contribution >= 4 is 17.7 Å². The van der Waals surface area contributed by atoms with Gasteiger partial charge in [-0.2, -0.15) is 0 Å². The number of nitrogens with one attached hydrogen (secondary N) is 1. The quantitative estimate of drug-likeness (QED) is 0.445. The molecule has 3 aromatic rings. The van der Waals surface area contributed by atoms with Gasteiger partial charge in [-0.3, -0.25) is 0 Å². The number of fused-ring (bicyclic) bond motifs is 1. The van der Waals surface area contributed by atoms with Crippen LogP contribution in [0.1, 0.15) is 62.7 Å². The van der Waals surface area contributed by atoms with Gasteiger partial charge in [0, 0.05) is 43.1 Å². The number of imidazole rings is 1. The third-order valence-electron chi connectivity index (χ3n) is 6.95. The summed E-state index contributed by atoms with van der Waals surface area (Å²) >= 11 is 0. The van der Waals surface area contributed by atoms with Gasteiger partial charge in [0.1, 0.15) is 11.4 Å². The van der Waals surface area contributed by atoms with Gasteiger partial charge >= 0.3 is 6.09 Å². The summed E-state index contributed by atoms with van der Waals surface area (Å²) in [5.74, 6) is 1.25. The maximum Gasteiger partial charge on any atom is 0.410 e. The third kappa shape index (κ3) is 6.50. The van der Waals surface area contributed by atoms with E-state index in [1.807, 2.05) is 56.7 Å². The smallest absolute Gasteiger partial charge is 0.410 e. The van der Waals surface area contributed by atoms with Crippen LogP contribution in [0.25, 0.3) is 5.69 Å². The third-order valence-corrected chi connectivity index (χ3v) is 6.95. The number of rotatable bonds is 7. The molecule has 1 amide bonds. The van der Waals surface area contributed by atoms with Crippen molar-refractivity contribution in [2.45, 2.75) is 78.0 Å². The van der Waals surface area contributed by atoms with E-state index >= 15 is 0 Å². The molecular weight excluding hydrogens is 496 g/mol. The number of anilines is 2. The van der Waals surface area contributed by atoms with E-state index in [9.17, 15) is 4.79 Å². The number of hydrogen-bond acceptors (Lipinski definition) is 8. The molecule has 5 rings (SSSR count). The van der Waals surface area contributed by atoms with Gasteiger partial charge in [-0.05, 0) is 65.5 Å². The van der Waals surface area contributed by atoms with E-state index < -0.39 is 5.60 Å². The van der Waals surface area contributed by atoms with E-state index in [1.54, 1.807) is 18.3 Å². The SMILES string of the molecule is COc1cc(Nc2nc(CCC3CCCO3)c3c(n2)CCN(C(=O)OC(C)(C)C)C3)ccc1-n1cnc(C)c1. The first-order chi connectivity index (χ1) is 18.7. The average Bonchev–Trinajstić information content (AvgIpc) is 3.58. The van der Waals surface area contributed by atoms with Gasteiger partial charge < -0.3 is 29.0 Å². The molecule has 1 fully saturated rings. The minimum absolute atomic E-state index is 0.251. The monoisotopic (exact) mass is 534 g/mol. The summed E-state index contributed by atoms with van der Waals surface area (Å²) in [4.78, 5) is 28.7. The average molecular weight is 535 g/mol. The second-order valence-corrected chi connectivity index (χ2v) is 11.2. The van der Waals surface area contributed by atoms with Crippen molar-refractivity contribution in [2.24, 2.45) is 0 Å². The second kappa shape index (κ2) is 11.2. The van der Waals surface area contributed by atoms with Crippen molar-refractivity contribution in [3.63, 3.8) is 0 Å². The molecule has 0 radical (unpaired) electrons. The van der Waals surface area contributed by atoms with E-state index in [1.165, 1.54) is 0 Å². The number of nitrogens with zero attached hydrogens (tertiary/aromatic N) is 5. The van der Waals surface area contributed by atoms with E-state index in [0.717, 1.165) is 66.3 Å². The van der Waals surface area contributed by atoms with Crippen LogP contribution in [0.5, 0.6) is 5.75 Å². The Morgan fingerprint density at radius 3 is 2.79 bits per heavy atom. The van der Waals surface area contributed by atoms with Gasteiger partial charge in [-0.1, -0.05) is 0 Å². The molecule has 2 aliphatic rings. The summed E-state index contributed by atoms with van der Waals surface area (Å²) in [6.07, 6.45) is 8.14. The highest BCUT2D eigenvalue weighted by molar-refractivity contribution is 5.69. The molecule has 0 saturated carbocycles. The maximum atomic E-state index is 12.8. The molecule has 10 nitrogen and oxygen atoms in total. The Morgan fingerprint density at radius 1 is 1.26 bits per heavy atom. The van der Waals surface area contributed by atoms with Crippen molar-refractivity contribution in [3.05, 3.63) is 53.4 Å². The van der Waals surface area contributed by atoms with Crippen molar-refractivity contribution in [1.82, 2.24) is 24.4 Å². The molecule has 2 aliphatic heterocycles. The number of aryl methyl sites for hydroxylation is 2. The molecule has 0 spiro atoms. The first kappa shape index (κ1) is 26.9. The van der Waals surface area contributed by atoms with E-state index in [-0.39, 0.29) is 12.2 Å². The van der Waals surface area contributed by atoms with Crippen LogP contribution in [0, 0.1) is 6.92 Å². The number of carbonyl (C=O) groups is 1. The number of aromatic nitrogens is 4. The molecule has 1 unspecified atom stereocenters. The normalized spacial score (nSPS) is 17.2. The van der Waals surface area contributed by atoms with Crippen LogP contribution >= 0.6 is 0 Å². The maximum absolute atomic E-state index is 12.8. The number of amides is 1. The standard InChI is InChI=1S/C29H38N6O4/c1-19-16-35(18-30-19)25-11-8-20(15-26(25)37-5)31-27-32-23(10-9-21-7-6-14-38-21)22-17-34(13-12-24(22)33-27)28(36)39-29(2,3)4/h8,11,15-16,18,21H,6-7,9-10,12-14,17H2,1-5H3,(H,31,32,33). The Balaban J connectivity index is 1.40. The first-order valence-corrected chi connectivity index (χ1v) is 13.6. The Kier molecular flexibility index (Phi) is 7.74. The van der Waals surface area contributed by atoms with Gasteiger partial charge in [0.15, 0.2) is 0 Å². The topological polar surface area (TPSA) is 104 Å². The Bertz CT molecular complexity index is 1330. The van der Waals surface area contributed by atoms with Crippen molar-refractivity contribution in [1.29, 1.82) is 0 Å². The van der Waals surface area contributed by atoms with E-state index in [2.05, 4.69) is 10.3 Å². The molecule has 0 aliphatic carbocycles. The molecule has 1 saturated heterocycles. The summed E-state index contributed by atoms with van der Waals surface area (Å²) in [5, 5.41) is 3.38. The molecule has 208 valence electrons. The highest BCUT2D eigenvalue weighted by atomic mass is 16.6. The van der Waals surface area contributed by atoms with Gasteiger partial charge in [0.25, 0.3) is 0 Å². The largest absolute Gasteiger partial charge is 0.494 e. The summed E-state index contributed by atoms with van der Waals surface area (Å²) in [6.45, 7) is 9.42. The van der Waals surface area contributed by atoms with Gasteiger partial charge in [0.2, 0.25) is 5.95 Å². The van der Waals surface area contributed by atoms with Crippen LogP contribution in [-0.4, -0.2) is 62.5 Å². The summed E-state index contributed by atoms with van der Waals surface area (Å²) < 4.78 is 19.1. The van der Waals surface area contributed by atoms with Gasteiger partial charge in [-0.15, -0.1) is 0 Å². The van der Waals surface area contributed by atoms with E-state index in [4.69, 9.17) is 24.2 Å². The predicted octanol–water partition coefficient (Wildman–Crippen LogP) is 5.13. The second-order valence-electron chi connectivity index (χ2n) is 11.2. The number of carbonyl (C=O) groups excluding carboxylic acids is 1. The molecule has 4 heterocycles. The zero-order chi connectivity index (χ0) is 27.6. The zero-order valence-electron chi connectivity index (χ0n) is 23.5. The summed E-state index contributed by atoms with van der Waals surface area (Å²) in [6, 6.07) is 5.90. The van der Waals surface area contributed by atoms with Crippen LogP contribution in [0.3, 0.4) is 0 Å². The number of hydrogen-bond donors (Lipinski definition) is 1. The zero-order valence-corrected chi connectivity index (χ0v) is 23.5. The predicted molar refractivity (Wildman–Crippen MR) is 148 cm³/mol. The summed E-state index contributed by atoms with van der Waals surface area (Å²) in [7, 11) is 1.65. The Hall–Kier alpha value is -3.66. The number of ether oxygens (including phenoxy) is 3. The summed E-state index contributed by atoms with van der Waals surface area (Å²) in [5.41, 5.74) is 5.04. The lowest BCUT2D eigenvalue weighted by atomic mass is 9.99. The molecular formula is C29H38N6O4. The van der Waals surface area contributed by atoms with Crippen molar-refractivity contribution in [2.75, 3.05) is 25.6 Å². The first-order valence-electron chi connectivity index (χ1n) is 13.6. The van der Waals surface area contributed by atoms with Crippen LogP contribution in [0.2, 0.25) is 0 Å². The van der Waals surface area contributed by atoms with Crippen molar-refractivity contribution in [3.8, 4) is 11.4 Å². The molecule has 1 atom stereocenters. The molecule has 1 aromatic carbocycles. The Morgan fingerprint density at radius 2 is 2.10 bits per heavy atom. The minimum atomic E-state index is -0.544. The fourth-order valence-electron chi connectivity index (χ4n) is 5.05. The lowest BCUT2D eigenvalue weighted by molar-refractivity contribution is 0.0221. The number of benzene rings is 1. The molecule has 1 N–H and O–H groups in total.